The molecule has 1 amide bonds. The monoisotopic (exact) mass is 467 g/mol. The number of amides is 1. The lowest BCUT2D eigenvalue weighted by molar-refractivity contribution is -0.146. The van der Waals surface area contributed by atoms with Crippen molar-refractivity contribution in [2.24, 2.45) is 0 Å². The fourth-order valence-corrected chi connectivity index (χ4v) is 6.63. The number of fused-ring (bicyclic) bond motifs is 1. The second-order valence-corrected chi connectivity index (χ2v) is 12.2. The molecular formula is C27H37N3O2S. The number of carbonyl (C=O) groups is 1. The van der Waals surface area contributed by atoms with Gasteiger partial charge in [-0.15, -0.1) is 11.3 Å². The van der Waals surface area contributed by atoms with Crippen LogP contribution in [0.1, 0.15) is 75.4 Å². The molecule has 0 radical (unpaired) electrons. The number of nitrogens with zero attached hydrogens (tertiary/aromatic N) is 2. The van der Waals surface area contributed by atoms with E-state index in [9.17, 15) is 4.79 Å². The Bertz CT molecular complexity index is 1010. The zero-order valence-corrected chi connectivity index (χ0v) is 21.3. The molecule has 1 N–H and O–H groups in total. The molecule has 3 heterocycles. The van der Waals surface area contributed by atoms with E-state index in [-0.39, 0.29) is 22.8 Å². The minimum Gasteiger partial charge on any atom is -0.366 e. The van der Waals surface area contributed by atoms with Crippen molar-refractivity contribution in [3.05, 3.63) is 39.7 Å². The van der Waals surface area contributed by atoms with Gasteiger partial charge in [0.05, 0.1) is 17.3 Å². The highest BCUT2D eigenvalue weighted by Crippen LogP contribution is 2.47. The number of piperidine rings is 1. The molecule has 2 saturated heterocycles. The molecule has 1 unspecified atom stereocenters. The Balaban J connectivity index is 1.28. The number of likely N-dealkylation sites (tertiary alicyclic amines) is 1. The molecule has 1 atom stereocenters. The standard InChI is InChI=1S/C27H37N3O2S/c1-26(2)9-10-27(3,4)21-15-19(5-6-20(21)26)22-17-33-24(29-22)18-7-12-30(13-8-18)25(31)23-16-28-11-14-32-23/h5-6,15,17-18,23,28H,7-14,16H2,1-4H3. The minimum atomic E-state index is -0.319. The number of nitrogens with one attached hydrogen (secondary N) is 1. The average Bonchev–Trinajstić information content (AvgIpc) is 3.32. The van der Waals surface area contributed by atoms with E-state index < -0.39 is 0 Å². The molecule has 2 fully saturated rings. The second-order valence-electron chi connectivity index (χ2n) is 11.3. The van der Waals surface area contributed by atoms with Crippen molar-refractivity contribution < 1.29 is 9.53 Å². The van der Waals surface area contributed by atoms with E-state index in [2.05, 4.69) is 56.6 Å². The van der Waals surface area contributed by atoms with Crippen LogP contribution in [0.25, 0.3) is 11.3 Å². The van der Waals surface area contributed by atoms with Gasteiger partial charge in [0.1, 0.15) is 6.10 Å². The molecule has 2 aromatic rings. The maximum atomic E-state index is 12.7. The maximum absolute atomic E-state index is 12.7. The summed E-state index contributed by atoms with van der Waals surface area (Å²) in [6.07, 6.45) is 4.09. The smallest absolute Gasteiger partial charge is 0.253 e. The zero-order chi connectivity index (χ0) is 23.2. The molecule has 0 spiro atoms. The van der Waals surface area contributed by atoms with Gasteiger partial charge in [-0.3, -0.25) is 4.79 Å². The van der Waals surface area contributed by atoms with Crippen LogP contribution >= 0.6 is 11.3 Å². The number of benzene rings is 1. The molecule has 2 aliphatic heterocycles. The lowest BCUT2D eigenvalue weighted by atomic mass is 9.63. The molecule has 6 heteroatoms. The van der Waals surface area contributed by atoms with E-state index in [4.69, 9.17) is 9.72 Å². The first-order valence-electron chi connectivity index (χ1n) is 12.5. The van der Waals surface area contributed by atoms with Crippen molar-refractivity contribution in [1.82, 2.24) is 15.2 Å². The predicted molar refractivity (Wildman–Crippen MR) is 134 cm³/mol. The van der Waals surface area contributed by atoms with Crippen LogP contribution < -0.4 is 5.32 Å². The fourth-order valence-electron chi connectivity index (χ4n) is 5.63. The molecular weight excluding hydrogens is 430 g/mol. The number of morpholine rings is 1. The Labute approximate surface area is 201 Å². The van der Waals surface area contributed by atoms with Gasteiger partial charge in [0.15, 0.2) is 0 Å². The lowest BCUT2D eigenvalue weighted by Gasteiger charge is -2.42. The molecule has 1 aliphatic carbocycles. The molecule has 178 valence electrons. The van der Waals surface area contributed by atoms with E-state index in [0.717, 1.165) is 38.2 Å². The summed E-state index contributed by atoms with van der Waals surface area (Å²) >= 11 is 1.78. The van der Waals surface area contributed by atoms with Gasteiger partial charge in [-0.25, -0.2) is 4.98 Å². The Morgan fingerprint density at radius 3 is 2.55 bits per heavy atom. The normalized spacial score (nSPS) is 25.0. The zero-order valence-electron chi connectivity index (χ0n) is 20.4. The number of hydrogen-bond donors (Lipinski definition) is 1. The van der Waals surface area contributed by atoms with Gasteiger partial charge in [-0.1, -0.05) is 39.8 Å². The van der Waals surface area contributed by atoms with Crippen LogP contribution in [0.15, 0.2) is 23.6 Å². The van der Waals surface area contributed by atoms with E-state index >= 15 is 0 Å². The molecule has 5 nitrogen and oxygen atoms in total. The third-order valence-corrected chi connectivity index (χ3v) is 9.04. The first-order valence-corrected chi connectivity index (χ1v) is 13.3. The molecule has 1 aromatic carbocycles. The summed E-state index contributed by atoms with van der Waals surface area (Å²) < 4.78 is 5.66. The summed E-state index contributed by atoms with van der Waals surface area (Å²) in [6.45, 7) is 13.2. The quantitative estimate of drug-likeness (QED) is 0.701. The Kier molecular flexibility index (Phi) is 6.13. The van der Waals surface area contributed by atoms with Gasteiger partial charge in [0, 0.05) is 43.0 Å². The largest absolute Gasteiger partial charge is 0.366 e. The minimum absolute atomic E-state index is 0.139. The van der Waals surface area contributed by atoms with Crippen molar-refractivity contribution in [2.45, 2.75) is 76.2 Å². The van der Waals surface area contributed by atoms with Crippen molar-refractivity contribution in [2.75, 3.05) is 32.8 Å². The first-order chi connectivity index (χ1) is 15.7. The second kappa shape index (κ2) is 8.79. The van der Waals surface area contributed by atoms with Gasteiger partial charge in [-0.2, -0.15) is 0 Å². The number of aromatic nitrogens is 1. The van der Waals surface area contributed by atoms with Crippen molar-refractivity contribution in [1.29, 1.82) is 0 Å². The first kappa shape index (κ1) is 23.0. The summed E-state index contributed by atoms with van der Waals surface area (Å²) in [6, 6.07) is 7.01. The van der Waals surface area contributed by atoms with Gasteiger partial charge in [0.25, 0.3) is 5.91 Å². The van der Waals surface area contributed by atoms with Gasteiger partial charge >= 0.3 is 0 Å². The summed E-state index contributed by atoms with van der Waals surface area (Å²) in [7, 11) is 0. The van der Waals surface area contributed by atoms with Crippen LogP contribution in [-0.4, -0.2) is 54.7 Å². The molecule has 1 aromatic heterocycles. The third-order valence-electron chi connectivity index (χ3n) is 8.03. The summed E-state index contributed by atoms with van der Waals surface area (Å²) in [4.78, 5) is 19.8. The molecule has 33 heavy (non-hydrogen) atoms. The number of carbonyl (C=O) groups excluding carboxylic acids is 1. The van der Waals surface area contributed by atoms with Crippen LogP contribution in [0, 0.1) is 0 Å². The number of ether oxygens (including phenoxy) is 1. The molecule has 0 saturated carbocycles. The third kappa shape index (κ3) is 4.50. The van der Waals surface area contributed by atoms with Crippen LogP contribution in [0.3, 0.4) is 0 Å². The number of hydrogen-bond acceptors (Lipinski definition) is 5. The summed E-state index contributed by atoms with van der Waals surface area (Å²) in [5, 5.41) is 6.69. The van der Waals surface area contributed by atoms with Crippen LogP contribution in [-0.2, 0) is 20.4 Å². The van der Waals surface area contributed by atoms with Crippen LogP contribution in [0.4, 0.5) is 0 Å². The fraction of sp³-hybridized carbons (Fsp3) is 0.630. The Morgan fingerprint density at radius 2 is 1.85 bits per heavy atom. The van der Waals surface area contributed by atoms with E-state index in [1.807, 2.05) is 4.90 Å². The highest BCUT2D eigenvalue weighted by atomic mass is 32.1. The Hall–Kier alpha value is -1.76. The van der Waals surface area contributed by atoms with Gasteiger partial charge in [0.2, 0.25) is 0 Å². The predicted octanol–water partition coefficient (Wildman–Crippen LogP) is 4.85. The highest BCUT2D eigenvalue weighted by Gasteiger charge is 2.37. The van der Waals surface area contributed by atoms with Crippen molar-refractivity contribution in [3.8, 4) is 11.3 Å². The summed E-state index contributed by atoms with van der Waals surface area (Å²) in [5.74, 6) is 0.575. The number of thiazole rings is 1. The SMILES string of the molecule is CC1(C)CCC(C)(C)c2cc(-c3csc(C4CCN(C(=O)C5CNCCO5)CC4)n3)ccc21. The molecule has 3 aliphatic rings. The number of rotatable bonds is 3. The van der Waals surface area contributed by atoms with Crippen LogP contribution in [0.2, 0.25) is 0 Å². The topological polar surface area (TPSA) is 54.5 Å². The van der Waals surface area contributed by atoms with Crippen LogP contribution in [0.5, 0.6) is 0 Å². The van der Waals surface area contributed by atoms with Gasteiger partial charge < -0.3 is 15.0 Å². The van der Waals surface area contributed by atoms with E-state index in [1.54, 1.807) is 11.3 Å². The maximum Gasteiger partial charge on any atom is 0.253 e. The van der Waals surface area contributed by atoms with Crippen molar-refractivity contribution in [3.63, 3.8) is 0 Å². The van der Waals surface area contributed by atoms with Gasteiger partial charge in [-0.05, 0) is 53.7 Å². The van der Waals surface area contributed by atoms with Crippen molar-refractivity contribution >= 4 is 17.2 Å². The van der Waals surface area contributed by atoms with E-state index in [0.29, 0.717) is 19.1 Å². The molecule has 5 rings (SSSR count). The van der Waals surface area contributed by atoms with E-state index in [1.165, 1.54) is 34.5 Å². The summed E-state index contributed by atoms with van der Waals surface area (Å²) in [5.41, 5.74) is 5.75. The average molecular weight is 468 g/mol. The molecule has 0 bridgehead atoms. The lowest BCUT2D eigenvalue weighted by Crippen LogP contribution is -2.51. The highest BCUT2D eigenvalue weighted by molar-refractivity contribution is 7.10. The Morgan fingerprint density at radius 1 is 1.12 bits per heavy atom.